The van der Waals surface area contributed by atoms with E-state index in [0.29, 0.717) is 35.1 Å². The Hall–Kier alpha value is -4.39. The van der Waals surface area contributed by atoms with Crippen LogP contribution >= 0.6 is 0 Å². The fourth-order valence-electron chi connectivity index (χ4n) is 4.59. The van der Waals surface area contributed by atoms with Crippen LogP contribution in [-0.4, -0.2) is 29.4 Å². The number of ketones is 1. The van der Waals surface area contributed by atoms with Crippen molar-refractivity contribution in [3.8, 4) is 11.5 Å². The molecule has 0 spiro atoms. The standard InChI is InChI=1S/C32H33NO6/c1-6-22-10-13-25(14-11-22)33-29(23-8-7-9-26(17-23)39-21(5)34)28(31(36)32(33)37)30(35)24-12-15-27(20(4)16-24)38-18-19(2)3/h7-17,19,29,35H,6,18H2,1-5H3/b30-28+. The number of aryl methyl sites for hydroxylation is 2. The van der Waals surface area contributed by atoms with E-state index in [1.165, 1.54) is 11.8 Å². The van der Waals surface area contributed by atoms with Crippen LogP contribution < -0.4 is 14.4 Å². The number of carbonyl (C=O) groups excluding carboxylic acids is 3. The molecule has 0 aliphatic carbocycles. The van der Waals surface area contributed by atoms with Crippen molar-refractivity contribution >= 4 is 29.1 Å². The van der Waals surface area contributed by atoms with E-state index in [4.69, 9.17) is 9.47 Å². The second-order valence-electron chi connectivity index (χ2n) is 10.0. The molecule has 1 aliphatic heterocycles. The zero-order valence-corrected chi connectivity index (χ0v) is 22.9. The first-order valence-electron chi connectivity index (χ1n) is 13.0. The van der Waals surface area contributed by atoms with Crippen LogP contribution in [0.1, 0.15) is 56.0 Å². The van der Waals surface area contributed by atoms with Crippen molar-refractivity contribution in [1.29, 1.82) is 0 Å². The molecule has 39 heavy (non-hydrogen) atoms. The summed E-state index contributed by atoms with van der Waals surface area (Å²) in [6, 6.07) is 18.2. The van der Waals surface area contributed by atoms with Gasteiger partial charge in [-0.1, -0.05) is 45.0 Å². The lowest BCUT2D eigenvalue weighted by molar-refractivity contribution is -0.132. The third-order valence-corrected chi connectivity index (χ3v) is 6.52. The van der Waals surface area contributed by atoms with E-state index >= 15 is 0 Å². The molecule has 1 amide bonds. The fourth-order valence-corrected chi connectivity index (χ4v) is 4.59. The Morgan fingerprint density at radius 1 is 1.03 bits per heavy atom. The highest BCUT2D eigenvalue weighted by molar-refractivity contribution is 6.51. The average molecular weight is 528 g/mol. The van der Waals surface area contributed by atoms with Crippen LogP contribution in [0.5, 0.6) is 11.5 Å². The molecular formula is C32H33NO6. The molecule has 1 N–H and O–H groups in total. The van der Waals surface area contributed by atoms with E-state index in [9.17, 15) is 19.5 Å². The number of carbonyl (C=O) groups is 3. The van der Waals surface area contributed by atoms with E-state index in [1.807, 2.05) is 26.0 Å². The van der Waals surface area contributed by atoms with Crippen molar-refractivity contribution in [2.75, 3.05) is 11.5 Å². The minimum Gasteiger partial charge on any atom is -0.507 e. The van der Waals surface area contributed by atoms with Gasteiger partial charge in [0, 0.05) is 18.2 Å². The number of anilines is 1. The van der Waals surface area contributed by atoms with Gasteiger partial charge in [-0.05, 0) is 78.4 Å². The molecule has 7 nitrogen and oxygen atoms in total. The van der Waals surface area contributed by atoms with Crippen LogP contribution in [-0.2, 0) is 20.8 Å². The molecule has 0 saturated carbocycles. The molecule has 3 aromatic carbocycles. The van der Waals surface area contributed by atoms with Gasteiger partial charge in [0.1, 0.15) is 17.3 Å². The number of aliphatic hydroxyl groups is 1. The molecule has 7 heteroatoms. The summed E-state index contributed by atoms with van der Waals surface area (Å²) in [6.45, 7) is 9.85. The molecule has 0 aromatic heterocycles. The second kappa shape index (κ2) is 11.6. The highest BCUT2D eigenvalue weighted by Gasteiger charge is 2.47. The predicted molar refractivity (Wildman–Crippen MR) is 150 cm³/mol. The van der Waals surface area contributed by atoms with Crippen LogP contribution in [0, 0.1) is 12.8 Å². The molecule has 1 saturated heterocycles. The number of ether oxygens (including phenoxy) is 2. The van der Waals surface area contributed by atoms with Crippen molar-refractivity contribution in [1.82, 2.24) is 0 Å². The molecule has 1 heterocycles. The third-order valence-electron chi connectivity index (χ3n) is 6.52. The summed E-state index contributed by atoms with van der Waals surface area (Å²) < 4.78 is 11.1. The first-order chi connectivity index (χ1) is 18.6. The second-order valence-corrected chi connectivity index (χ2v) is 10.0. The summed E-state index contributed by atoms with van der Waals surface area (Å²) >= 11 is 0. The summed E-state index contributed by atoms with van der Waals surface area (Å²) in [5, 5.41) is 11.5. The Kier molecular flexibility index (Phi) is 8.19. The Morgan fingerprint density at radius 2 is 1.74 bits per heavy atom. The van der Waals surface area contributed by atoms with E-state index in [0.717, 1.165) is 17.5 Å². The van der Waals surface area contributed by atoms with Crippen LogP contribution in [0.3, 0.4) is 0 Å². The minimum absolute atomic E-state index is 0.0465. The summed E-state index contributed by atoms with van der Waals surface area (Å²) in [7, 11) is 0. The van der Waals surface area contributed by atoms with E-state index in [-0.39, 0.29) is 17.1 Å². The first kappa shape index (κ1) is 27.6. The van der Waals surface area contributed by atoms with Crippen molar-refractivity contribution in [2.24, 2.45) is 5.92 Å². The topological polar surface area (TPSA) is 93.1 Å². The van der Waals surface area contributed by atoms with Crippen LogP contribution in [0.2, 0.25) is 0 Å². The highest BCUT2D eigenvalue weighted by Crippen LogP contribution is 2.43. The Bertz CT molecular complexity index is 1440. The summed E-state index contributed by atoms with van der Waals surface area (Å²) in [6.07, 6.45) is 0.823. The van der Waals surface area contributed by atoms with Gasteiger partial charge in [-0.15, -0.1) is 0 Å². The third kappa shape index (κ3) is 5.87. The number of aliphatic hydroxyl groups excluding tert-OH is 1. The lowest BCUT2D eigenvalue weighted by atomic mass is 9.94. The van der Waals surface area contributed by atoms with Gasteiger partial charge < -0.3 is 14.6 Å². The summed E-state index contributed by atoms with van der Waals surface area (Å²) in [5.41, 5.74) is 3.25. The van der Waals surface area contributed by atoms with Gasteiger partial charge in [0.2, 0.25) is 0 Å². The van der Waals surface area contributed by atoms with E-state index < -0.39 is 23.7 Å². The highest BCUT2D eigenvalue weighted by atomic mass is 16.5. The molecule has 0 radical (unpaired) electrons. The van der Waals surface area contributed by atoms with Gasteiger partial charge >= 0.3 is 5.97 Å². The number of hydrogen-bond donors (Lipinski definition) is 1. The van der Waals surface area contributed by atoms with Gasteiger partial charge in [-0.25, -0.2) is 0 Å². The van der Waals surface area contributed by atoms with E-state index in [1.54, 1.807) is 54.6 Å². The van der Waals surface area contributed by atoms with E-state index in [2.05, 4.69) is 13.8 Å². The molecule has 0 bridgehead atoms. The SMILES string of the molecule is CCc1ccc(N2C(=O)C(=O)/C(=C(/O)c3ccc(OCC(C)C)c(C)c3)C2c2cccc(OC(C)=O)c2)cc1. The number of rotatable bonds is 8. The fraction of sp³-hybridized carbons (Fsp3) is 0.281. The predicted octanol–water partition coefficient (Wildman–Crippen LogP) is 6.14. The van der Waals surface area contributed by atoms with Gasteiger partial charge in [0.05, 0.1) is 18.2 Å². The van der Waals surface area contributed by atoms with Crippen molar-refractivity contribution in [2.45, 2.75) is 47.1 Å². The number of benzene rings is 3. The van der Waals surface area contributed by atoms with Gasteiger partial charge in [-0.3, -0.25) is 19.3 Å². The maximum absolute atomic E-state index is 13.5. The molecule has 1 fully saturated rings. The number of hydrogen-bond acceptors (Lipinski definition) is 6. The average Bonchev–Trinajstić information content (AvgIpc) is 3.17. The molecule has 1 aliphatic rings. The first-order valence-corrected chi connectivity index (χ1v) is 13.0. The summed E-state index contributed by atoms with van der Waals surface area (Å²) in [4.78, 5) is 39.9. The molecular weight excluding hydrogens is 494 g/mol. The molecule has 1 unspecified atom stereocenters. The molecule has 1 atom stereocenters. The number of Topliss-reactive ketones (excluding diaryl/α,β-unsaturated/α-hetero) is 1. The summed E-state index contributed by atoms with van der Waals surface area (Å²) in [5.74, 6) is -1.03. The molecule has 202 valence electrons. The Balaban J connectivity index is 1.86. The number of amides is 1. The lowest BCUT2D eigenvalue weighted by Crippen LogP contribution is -2.29. The minimum atomic E-state index is -0.940. The van der Waals surface area contributed by atoms with Crippen molar-refractivity contribution in [3.05, 3.63) is 94.6 Å². The normalized spacial score (nSPS) is 16.6. The van der Waals surface area contributed by atoms with Gasteiger partial charge in [0.25, 0.3) is 11.7 Å². The van der Waals surface area contributed by atoms with Crippen molar-refractivity contribution in [3.63, 3.8) is 0 Å². The van der Waals surface area contributed by atoms with Crippen LogP contribution in [0.25, 0.3) is 5.76 Å². The lowest BCUT2D eigenvalue weighted by Gasteiger charge is -2.26. The monoisotopic (exact) mass is 527 g/mol. The smallest absolute Gasteiger partial charge is 0.308 e. The maximum atomic E-state index is 13.5. The largest absolute Gasteiger partial charge is 0.507 e. The zero-order valence-electron chi connectivity index (χ0n) is 22.9. The van der Waals surface area contributed by atoms with Gasteiger partial charge in [-0.2, -0.15) is 0 Å². The number of esters is 1. The molecule has 4 rings (SSSR count). The Morgan fingerprint density at radius 3 is 2.36 bits per heavy atom. The van der Waals surface area contributed by atoms with Crippen LogP contribution in [0.15, 0.2) is 72.3 Å². The maximum Gasteiger partial charge on any atom is 0.308 e. The quantitative estimate of drug-likeness (QED) is 0.124. The zero-order chi connectivity index (χ0) is 28.3. The van der Waals surface area contributed by atoms with Crippen LogP contribution in [0.4, 0.5) is 5.69 Å². The van der Waals surface area contributed by atoms with Crippen molar-refractivity contribution < 1.29 is 29.0 Å². The number of nitrogens with zero attached hydrogens (tertiary/aromatic N) is 1. The Labute approximate surface area is 228 Å². The molecule has 3 aromatic rings. The van der Waals surface area contributed by atoms with Gasteiger partial charge in [0.15, 0.2) is 0 Å².